The van der Waals surface area contributed by atoms with E-state index in [9.17, 15) is 8.42 Å². The Labute approximate surface area is 123 Å². The van der Waals surface area contributed by atoms with Gasteiger partial charge in [-0.15, -0.1) is 0 Å². The monoisotopic (exact) mass is 302 g/mol. The van der Waals surface area contributed by atoms with Crippen molar-refractivity contribution in [2.24, 2.45) is 5.14 Å². The standard InChI is InChI=1S/C14H14N4O2S/c15-8-7-10-1-4-12(5-2-10)18-13-6-3-11(16)9-14(13)21(17,19)20/h1-6,9,18H,7,16H2,(H2,17,19,20). The van der Waals surface area contributed by atoms with Gasteiger partial charge in [0.05, 0.1) is 18.2 Å². The van der Waals surface area contributed by atoms with Gasteiger partial charge in [0, 0.05) is 11.4 Å². The van der Waals surface area contributed by atoms with E-state index >= 15 is 0 Å². The van der Waals surface area contributed by atoms with Crippen molar-refractivity contribution in [2.45, 2.75) is 11.3 Å². The van der Waals surface area contributed by atoms with Crippen molar-refractivity contribution in [1.82, 2.24) is 0 Å². The zero-order valence-corrected chi connectivity index (χ0v) is 11.9. The molecule has 2 rings (SSSR count). The second-order valence-corrected chi connectivity index (χ2v) is 5.99. The molecule has 0 aromatic heterocycles. The zero-order chi connectivity index (χ0) is 15.5. The molecule has 0 aliphatic rings. The Morgan fingerprint density at radius 3 is 2.38 bits per heavy atom. The smallest absolute Gasteiger partial charge is 0.240 e. The van der Waals surface area contributed by atoms with Gasteiger partial charge in [0.2, 0.25) is 10.0 Å². The van der Waals surface area contributed by atoms with Gasteiger partial charge < -0.3 is 11.1 Å². The van der Waals surface area contributed by atoms with Crippen LogP contribution in [0.1, 0.15) is 5.56 Å². The van der Waals surface area contributed by atoms with Crippen LogP contribution in [0.5, 0.6) is 0 Å². The largest absolute Gasteiger partial charge is 0.399 e. The van der Waals surface area contributed by atoms with E-state index in [-0.39, 0.29) is 4.90 Å². The van der Waals surface area contributed by atoms with Crippen LogP contribution in [-0.4, -0.2) is 8.42 Å². The van der Waals surface area contributed by atoms with Gasteiger partial charge in [-0.3, -0.25) is 0 Å². The van der Waals surface area contributed by atoms with Gasteiger partial charge in [-0.25, -0.2) is 13.6 Å². The molecule has 0 aliphatic carbocycles. The lowest BCUT2D eigenvalue weighted by atomic mass is 10.1. The van der Waals surface area contributed by atoms with E-state index in [1.54, 1.807) is 36.4 Å². The number of benzene rings is 2. The fourth-order valence-electron chi connectivity index (χ4n) is 1.83. The lowest BCUT2D eigenvalue weighted by molar-refractivity contribution is 0.598. The first kappa shape index (κ1) is 14.8. The number of hydrogen-bond acceptors (Lipinski definition) is 5. The number of nitrogens with two attached hydrogens (primary N) is 2. The molecule has 2 aromatic carbocycles. The number of sulfonamides is 1. The maximum Gasteiger partial charge on any atom is 0.240 e. The van der Waals surface area contributed by atoms with Gasteiger partial charge in [-0.05, 0) is 35.9 Å². The van der Waals surface area contributed by atoms with E-state index in [0.717, 1.165) is 5.56 Å². The third-order valence-electron chi connectivity index (χ3n) is 2.83. The molecule has 0 saturated carbocycles. The molecule has 6 nitrogen and oxygen atoms in total. The summed E-state index contributed by atoms with van der Waals surface area (Å²) in [6.45, 7) is 0. The van der Waals surface area contributed by atoms with Crippen molar-refractivity contribution in [3.63, 3.8) is 0 Å². The minimum absolute atomic E-state index is 0.0661. The first-order valence-electron chi connectivity index (χ1n) is 6.05. The zero-order valence-electron chi connectivity index (χ0n) is 11.1. The number of nitrogens with one attached hydrogen (secondary N) is 1. The van der Waals surface area contributed by atoms with Crippen molar-refractivity contribution < 1.29 is 8.42 Å². The van der Waals surface area contributed by atoms with E-state index in [1.807, 2.05) is 0 Å². The number of nitriles is 1. The maximum atomic E-state index is 11.6. The maximum absolute atomic E-state index is 11.6. The van der Waals surface area contributed by atoms with Gasteiger partial charge in [0.15, 0.2) is 0 Å². The Bertz CT molecular complexity index is 793. The first-order valence-corrected chi connectivity index (χ1v) is 7.60. The molecule has 2 aromatic rings. The molecule has 0 spiro atoms. The average Bonchev–Trinajstić information content (AvgIpc) is 2.42. The molecular weight excluding hydrogens is 288 g/mol. The number of rotatable bonds is 4. The summed E-state index contributed by atoms with van der Waals surface area (Å²) in [5, 5.41) is 16.8. The van der Waals surface area contributed by atoms with Crippen molar-refractivity contribution in [1.29, 1.82) is 5.26 Å². The van der Waals surface area contributed by atoms with Crippen LogP contribution >= 0.6 is 0 Å². The molecular formula is C14H14N4O2S. The van der Waals surface area contributed by atoms with Gasteiger partial charge >= 0.3 is 0 Å². The SMILES string of the molecule is N#CCc1ccc(Nc2ccc(N)cc2S(N)(=O)=O)cc1. The highest BCUT2D eigenvalue weighted by Crippen LogP contribution is 2.26. The van der Waals surface area contributed by atoms with Crippen molar-refractivity contribution in [3.05, 3.63) is 48.0 Å². The second-order valence-electron chi connectivity index (χ2n) is 4.46. The van der Waals surface area contributed by atoms with Crippen LogP contribution < -0.4 is 16.2 Å². The Kier molecular flexibility index (Phi) is 4.12. The van der Waals surface area contributed by atoms with Gasteiger partial charge in [0.25, 0.3) is 0 Å². The van der Waals surface area contributed by atoms with E-state index in [2.05, 4.69) is 11.4 Å². The Morgan fingerprint density at radius 1 is 1.14 bits per heavy atom. The Morgan fingerprint density at radius 2 is 1.81 bits per heavy atom. The summed E-state index contributed by atoms with van der Waals surface area (Å²) in [5.74, 6) is 0. The van der Waals surface area contributed by atoms with E-state index in [4.69, 9.17) is 16.1 Å². The molecule has 7 heteroatoms. The predicted molar refractivity (Wildman–Crippen MR) is 81.3 cm³/mol. The summed E-state index contributed by atoms with van der Waals surface area (Å²) < 4.78 is 23.2. The average molecular weight is 302 g/mol. The Balaban J connectivity index is 2.34. The van der Waals surface area contributed by atoms with Crippen LogP contribution in [0.4, 0.5) is 17.1 Å². The number of anilines is 3. The lowest BCUT2D eigenvalue weighted by Gasteiger charge is -2.11. The van der Waals surface area contributed by atoms with Crippen LogP contribution in [0.25, 0.3) is 0 Å². The minimum atomic E-state index is -3.88. The van der Waals surface area contributed by atoms with Crippen LogP contribution in [0.3, 0.4) is 0 Å². The number of nitrogens with zero attached hydrogens (tertiary/aromatic N) is 1. The van der Waals surface area contributed by atoms with Crippen LogP contribution in [-0.2, 0) is 16.4 Å². The third kappa shape index (κ3) is 3.72. The summed E-state index contributed by atoms with van der Waals surface area (Å²) in [5.41, 5.74) is 7.82. The van der Waals surface area contributed by atoms with Crippen molar-refractivity contribution in [2.75, 3.05) is 11.1 Å². The molecule has 0 radical (unpaired) electrons. The predicted octanol–water partition coefficient (Wildman–Crippen LogP) is 1.73. The van der Waals surface area contributed by atoms with Gasteiger partial charge in [0.1, 0.15) is 4.90 Å². The number of hydrogen-bond donors (Lipinski definition) is 3. The van der Waals surface area contributed by atoms with Crippen molar-refractivity contribution >= 4 is 27.1 Å². The lowest BCUT2D eigenvalue weighted by Crippen LogP contribution is -2.14. The molecule has 0 unspecified atom stereocenters. The molecule has 0 aliphatic heterocycles. The van der Waals surface area contributed by atoms with E-state index < -0.39 is 10.0 Å². The molecule has 5 N–H and O–H groups in total. The summed E-state index contributed by atoms with van der Waals surface area (Å²) in [7, 11) is -3.88. The molecule has 0 fully saturated rings. The quantitative estimate of drug-likeness (QED) is 0.742. The Hall–Kier alpha value is -2.56. The fraction of sp³-hybridized carbons (Fsp3) is 0.0714. The normalized spacial score (nSPS) is 10.9. The van der Waals surface area contributed by atoms with E-state index in [1.165, 1.54) is 6.07 Å². The molecule has 0 atom stereocenters. The molecule has 0 amide bonds. The molecule has 108 valence electrons. The van der Waals surface area contributed by atoms with E-state index in [0.29, 0.717) is 23.5 Å². The second kappa shape index (κ2) is 5.83. The molecule has 0 saturated heterocycles. The highest BCUT2D eigenvalue weighted by Gasteiger charge is 2.14. The molecule has 0 heterocycles. The first-order chi connectivity index (χ1) is 9.90. The summed E-state index contributed by atoms with van der Waals surface area (Å²) in [4.78, 5) is -0.0661. The van der Waals surface area contributed by atoms with Crippen LogP contribution in [0.2, 0.25) is 0 Å². The third-order valence-corrected chi connectivity index (χ3v) is 3.78. The topological polar surface area (TPSA) is 122 Å². The van der Waals surface area contributed by atoms with Crippen LogP contribution in [0.15, 0.2) is 47.4 Å². The highest BCUT2D eigenvalue weighted by atomic mass is 32.2. The summed E-state index contributed by atoms with van der Waals surface area (Å²) in [6.07, 6.45) is 0.324. The molecule has 21 heavy (non-hydrogen) atoms. The molecule has 0 bridgehead atoms. The van der Waals surface area contributed by atoms with Gasteiger partial charge in [-0.2, -0.15) is 5.26 Å². The minimum Gasteiger partial charge on any atom is -0.399 e. The summed E-state index contributed by atoms with van der Waals surface area (Å²) in [6, 6.07) is 13.6. The number of nitrogen functional groups attached to an aromatic ring is 1. The van der Waals surface area contributed by atoms with Crippen LogP contribution in [0, 0.1) is 11.3 Å². The van der Waals surface area contributed by atoms with Crippen molar-refractivity contribution in [3.8, 4) is 6.07 Å². The van der Waals surface area contributed by atoms with Gasteiger partial charge in [-0.1, -0.05) is 12.1 Å². The number of primary sulfonamides is 1. The highest BCUT2D eigenvalue weighted by molar-refractivity contribution is 7.89. The summed E-state index contributed by atoms with van der Waals surface area (Å²) >= 11 is 0. The fourth-order valence-corrected chi connectivity index (χ4v) is 2.56.